The van der Waals surface area contributed by atoms with Gasteiger partial charge in [0.05, 0.1) is 17.1 Å². The Kier molecular flexibility index (Phi) is 4.29. The average Bonchev–Trinajstić information content (AvgIpc) is 2.93. The number of ether oxygens (including phenoxy) is 2. The molecule has 0 fully saturated rings. The zero-order valence-corrected chi connectivity index (χ0v) is 13.7. The van der Waals surface area contributed by atoms with Crippen LogP contribution < -0.4 is 14.8 Å². The molecule has 120 valence electrons. The van der Waals surface area contributed by atoms with Crippen molar-refractivity contribution in [2.45, 2.75) is 13.8 Å². The van der Waals surface area contributed by atoms with Crippen molar-refractivity contribution in [2.75, 3.05) is 25.1 Å². The zero-order valence-electron chi connectivity index (χ0n) is 12.8. The molecule has 0 unspecified atom stereocenters. The predicted octanol–water partition coefficient (Wildman–Crippen LogP) is 2.72. The largest absolute Gasteiger partial charge is 0.486 e. The fraction of sp³-hybridized carbons (Fsp3) is 0.312. The maximum absolute atomic E-state index is 12.3. The second kappa shape index (κ2) is 6.37. The molecule has 0 amide bonds. The lowest BCUT2D eigenvalue weighted by atomic mass is 10.1. The first-order valence-electron chi connectivity index (χ1n) is 7.19. The molecule has 1 aromatic heterocycles. The van der Waals surface area contributed by atoms with Crippen LogP contribution in [0.25, 0.3) is 0 Å². The van der Waals surface area contributed by atoms with Crippen molar-refractivity contribution in [1.29, 1.82) is 0 Å². The van der Waals surface area contributed by atoms with Gasteiger partial charge in [-0.2, -0.15) is 0 Å². The molecule has 23 heavy (non-hydrogen) atoms. The Morgan fingerprint density at radius 2 is 2.00 bits per heavy atom. The van der Waals surface area contributed by atoms with Gasteiger partial charge >= 0.3 is 0 Å². The molecule has 0 aliphatic carbocycles. The minimum atomic E-state index is -0.0841. The number of rotatable bonds is 5. The van der Waals surface area contributed by atoms with Crippen molar-refractivity contribution >= 4 is 28.0 Å². The molecule has 2 heterocycles. The number of aryl methyl sites for hydroxylation is 1. The number of ketones is 2. The summed E-state index contributed by atoms with van der Waals surface area (Å²) in [5.41, 5.74) is 1.22. The van der Waals surface area contributed by atoms with Crippen LogP contribution in [0.3, 0.4) is 0 Å². The number of thiazole rings is 1. The third kappa shape index (κ3) is 3.34. The molecule has 0 saturated carbocycles. The van der Waals surface area contributed by atoms with Gasteiger partial charge in [0.2, 0.25) is 0 Å². The summed E-state index contributed by atoms with van der Waals surface area (Å²) in [5, 5.41) is 3.54. The molecule has 6 nitrogen and oxygen atoms in total. The van der Waals surface area contributed by atoms with Gasteiger partial charge in [-0.25, -0.2) is 4.98 Å². The number of benzene rings is 1. The van der Waals surface area contributed by atoms with Crippen LogP contribution in [-0.4, -0.2) is 36.3 Å². The quantitative estimate of drug-likeness (QED) is 0.848. The van der Waals surface area contributed by atoms with Gasteiger partial charge in [-0.05, 0) is 25.1 Å². The standard InChI is InChI=1S/C16H16N2O4S/c1-9-15(10(2)19)23-16(18-9)17-8-12(20)11-3-4-13-14(7-11)22-6-5-21-13/h3-4,7H,5-6,8H2,1-2H3,(H,17,18). The van der Waals surface area contributed by atoms with Gasteiger partial charge in [0.1, 0.15) is 13.2 Å². The number of hydrogen-bond acceptors (Lipinski definition) is 7. The fourth-order valence-electron chi connectivity index (χ4n) is 2.27. The molecule has 0 bridgehead atoms. The summed E-state index contributed by atoms with van der Waals surface area (Å²) in [4.78, 5) is 28.6. The van der Waals surface area contributed by atoms with Crippen molar-refractivity contribution in [3.63, 3.8) is 0 Å². The smallest absolute Gasteiger partial charge is 0.183 e. The Balaban J connectivity index is 1.67. The van der Waals surface area contributed by atoms with Crippen molar-refractivity contribution in [2.24, 2.45) is 0 Å². The van der Waals surface area contributed by atoms with Gasteiger partial charge in [0.25, 0.3) is 0 Å². The van der Waals surface area contributed by atoms with Gasteiger partial charge in [-0.15, -0.1) is 0 Å². The number of hydrogen-bond donors (Lipinski definition) is 1. The van der Waals surface area contributed by atoms with E-state index in [-0.39, 0.29) is 18.1 Å². The molecular formula is C16H16N2O4S. The van der Waals surface area contributed by atoms with Crippen LogP contribution in [0.5, 0.6) is 11.5 Å². The zero-order chi connectivity index (χ0) is 16.4. The number of fused-ring (bicyclic) bond motifs is 1. The van der Waals surface area contributed by atoms with Crippen molar-refractivity contribution in [3.8, 4) is 11.5 Å². The number of nitrogens with zero attached hydrogens (tertiary/aromatic N) is 1. The van der Waals surface area contributed by atoms with Crippen LogP contribution in [-0.2, 0) is 0 Å². The van der Waals surface area contributed by atoms with Gasteiger partial charge in [-0.3, -0.25) is 9.59 Å². The molecule has 0 spiro atoms. The minimum Gasteiger partial charge on any atom is -0.486 e. The first-order chi connectivity index (χ1) is 11.0. The molecule has 1 N–H and O–H groups in total. The number of carbonyl (C=O) groups is 2. The highest BCUT2D eigenvalue weighted by Crippen LogP contribution is 2.31. The summed E-state index contributed by atoms with van der Waals surface area (Å²) in [5.74, 6) is 1.14. The molecule has 7 heteroatoms. The third-order valence-electron chi connectivity index (χ3n) is 3.38. The molecule has 0 radical (unpaired) electrons. The average molecular weight is 332 g/mol. The van der Waals surface area contributed by atoms with Crippen LogP contribution in [0.15, 0.2) is 18.2 Å². The van der Waals surface area contributed by atoms with E-state index in [9.17, 15) is 9.59 Å². The first kappa shape index (κ1) is 15.5. The highest BCUT2D eigenvalue weighted by Gasteiger charge is 2.16. The SMILES string of the molecule is CC(=O)c1sc(NCC(=O)c2ccc3c(c2)OCCO3)nc1C. The summed E-state index contributed by atoms with van der Waals surface area (Å²) >= 11 is 1.26. The van der Waals surface area contributed by atoms with E-state index in [4.69, 9.17) is 9.47 Å². The van der Waals surface area contributed by atoms with Gasteiger partial charge in [0, 0.05) is 12.5 Å². The Hall–Kier alpha value is -2.41. The lowest BCUT2D eigenvalue weighted by Gasteiger charge is -2.18. The fourth-order valence-corrected chi connectivity index (χ4v) is 3.13. The van der Waals surface area contributed by atoms with Crippen LogP contribution >= 0.6 is 11.3 Å². The molecule has 1 aliphatic rings. The van der Waals surface area contributed by atoms with E-state index in [0.717, 1.165) is 0 Å². The van der Waals surface area contributed by atoms with Gasteiger partial charge in [-0.1, -0.05) is 11.3 Å². The number of nitrogens with one attached hydrogen (secondary N) is 1. The third-order valence-corrected chi connectivity index (χ3v) is 4.60. The molecular weight excluding hydrogens is 316 g/mol. The maximum atomic E-state index is 12.3. The van der Waals surface area contributed by atoms with E-state index in [1.807, 2.05) is 0 Å². The normalized spacial score (nSPS) is 12.8. The predicted molar refractivity (Wildman–Crippen MR) is 87.1 cm³/mol. The van der Waals surface area contributed by atoms with Crippen LogP contribution in [0.1, 0.15) is 32.6 Å². The molecule has 0 atom stereocenters. The van der Waals surface area contributed by atoms with E-state index in [2.05, 4.69) is 10.3 Å². The van der Waals surface area contributed by atoms with E-state index in [0.29, 0.717) is 46.0 Å². The second-order valence-corrected chi connectivity index (χ2v) is 6.12. The molecule has 2 aromatic rings. The minimum absolute atomic E-state index is 0.0220. The Morgan fingerprint density at radius 1 is 1.26 bits per heavy atom. The number of Topliss-reactive ketones (excluding diaryl/α,β-unsaturated/α-hetero) is 2. The van der Waals surface area contributed by atoms with Crippen LogP contribution in [0.4, 0.5) is 5.13 Å². The Labute approximate surface area is 137 Å². The first-order valence-corrected chi connectivity index (χ1v) is 8.01. The Morgan fingerprint density at radius 3 is 2.70 bits per heavy atom. The van der Waals surface area contributed by atoms with E-state index < -0.39 is 0 Å². The van der Waals surface area contributed by atoms with Crippen molar-refractivity contribution in [3.05, 3.63) is 34.3 Å². The molecule has 1 aliphatic heterocycles. The Bertz CT molecular complexity index is 769. The second-order valence-electron chi connectivity index (χ2n) is 5.12. The van der Waals surface area contributed by atoms with Crippen molar-refractivity contribution < 1.29 is 19.1 Å². The lowest BCUT2D eigenvalue weighted by molar-refractivity contribution is 0.100. The topological polar surface area (TPSA) is 77.5 Å². The summed E-state index contributed by atoms with van der Waals surface area (Å²) in [6, 6.07) is 5.14. The van der Waals surface area contributed by atoms with Crippen molar-refractivity contribution in [1.82, 2.24) is 4.98 Å². The highest BCUT2D eigenvalue weighted by molar-refractivity contribution is 7.17. The number of carbonyl (C=O) groups excluding carboxylic acids is 2. The molecule has 0 saturated heterocycles. The molecule has 1 aromatic carbocycles. The van der Waals surface area contributed by atoms with Crippen LogP contribution in [0.2, 0.25) is 0 Å². The summed E-state index contributed by atoms with van der Waals surface area (Å²) in [7, 11) is 0. The summed E-state index contributed by atoms with van der Waals surface area (Å²) in [6.45, 7) is 4.38. The van der Waals surface area contributed by atoms with E-state index >= 15 is 0 Å². The highest BCUT2D eigenvalue weighted by atomic mass is 32.1. The van der Waals surface area contributed by atoms with Crippen LogP contribution in [0, 0.1) is 6.92 Å². The number of aromatic nitrogens is 1. The monoisotopic (exact) mass is 332 g/mol. The number of anilines is 1. The van der Waals surface area contributed by atoms with Gasteiger partial charge in [0.15, 0.2) is 28.2 Å². The molecule has 3 rings (SSSR count). The summed E-state index contributed by atoms with van der Waals surface area (Å²) in [6.07, 6.45) is 0. The van der Waals surface area contributed by atoms with E-state index in [1.54, 1.807) is 25.1 Å². The van der Waals surface area contributed by atoms with E-state index in [1.165, 1.54) is 18.3 Å². The summed E-state index contributed by atoms with van der Waals surface area (Å²) < 4.78 is 10.9. The maximum Gasteiger partial charge on any atom is 0.183 e. The van der Waals surface area contributed by atoms with Gasteiger partial charge < -0.3 is 14.8 Å². The lowest BCUT2D eigenvalue weighted by Crippen LogP contribution is -2.17.